The average Bonchev–Trinajstić information content (AvgIpc) is 3.36. The first-order chi connectivity index (χ1) is 15.1. The standard InChI is InChI=1S/C25H27N3O3/c1-16-14-19(23(31-16)17-5-6-17)24(29)27-12-9-25(10-13-27)22-4-3-11-28(22)21-8-7-18(30-2)15-20(21)26-25/h3-4,7-8,11,14-15,17,26H,5-6,9-10,12-13H2,1-2H3. The summed E-state index contributed by atoms with van der Waals surface area (Å²) in [5.74, 6) is 3.11. The van der Waals surface area contributed by atoms with Crippen LogP contribution in [-0.4, -0.2) is 35.6 Å². The molecule has 3 aliphatic rings. The summed E-state index contributed by atoms with van der Waals surface area (Å²) >= 11 is 0. The van der Waals surface area contributed by atoms with E-state index in [4.69, 9.17) is 9.15 Å². The number of ether oxygens (including phenoxy) is 1. The number of amides is 1. The van der Waals surface area contributed by atoms with Gasteiger partial charge < -0.3 is 23.9 Å². The second-order valence-corrected chi connectivity index (χ2v) is 9.06. The van der Waals surface area contributed by atoms with Crippen LogP contribution >= 0.6 is 0 Å². The molecule has 1 spiro atoms. The Hall–Kier alpha value is -3.15. The summed E-state index contributed by atoms with van der Waals surface area (Å²) in [5.41, 5.74) is 4.05. The number of carbonyl (C=O) groups is 1. The third-order valence-electron chi connectivity index (χ3n) is 7.04. The van der Waals surface area contributed by atoms with E-state index in [9.17, 15) is 4.79 Å². The van der Waals surface area contributed by atoms with Crippen LogP contribution in [0, 0.1) is 6.92 Å². The molecule has 0 atom stereocenters. The van der Waals surface area contributed by atoms with Crippen molar-refractivity contribution in [3.63, 3.8) is 0 Å². The number of nitrogens with one attached hydrogen (secondary N) is 1. The first kappa shape index (κ1) is 18.6. The molecule has 1 aromatic carbocycles. The SMILES string of the molecule is COc1ccc2c(c1)NC1(CCN(C(=O)c3cc(C)oc3C3CC3)CC1)c1cccn1-2. The summed E-state index contributed by atoms with van der Waals surface area (Å²) in [6.07, 6.45) is 6.08. The molecule has 6 nitrogen and oxygen atoms in total. The summed E-state index contributed by atoms with van der Waals surface area (Å²) in [6.45, 7) is 3.36. The van der Waals surface area contributed by atoms with Gasteiger partial charge in [-0.2, -0.15) is 0 Å². The lowest BCUT2D eigenvalue weighted by molar-refractivity contribution is 0.0674. The Morgan fingerprint density at radius 3 is 2.74 bits per heavy atom. The Balaban J connectivity index is 1.27. The monoisotopic (exact) mass is 417 g/mol. The molecule has 1 N–H and O–H groups in total. The molecule has 4 heterocycles. The third kappa shape index (κ3) is 2.88. The van der Waals surface area contributed by atoms with Crippen LogP contribution in [-0.2, 0) is 5.54 Å². The number of furan rings is 1. The minimum atomic E-state index is -0.189. The van der Waals surface area contributed by atoms with Crippen molar-refractivity contribution in [2.45, 2.75) is 44.1 Å². The zero-order chi connectivity index (χ0) is 21.2. The fourth-order valence-corrected chi connectivity index (χ4v) is 5.25. The highest BCUT2D eigenvalue weighted by Crippen LogP contribution is 2.46. The summed E-state index contributed by atoms with van der Waals surface area (Å²) in [6, 6.07) is 12.4. The number of likely N-dealkylation sites (tertiary alicyclic amines) is 1. The molecule has 0 bridgehead atoms. The number of piperidine rings is 1. The number of methoxy groups -OCH3 is 1. The summed E-state index contributed by atoms with van der Waals surface area (Å²) in [4.78, 5) is 15.3. The molecule has 31 heavy (non-hydrogen) atoms. The van der Waals surface area contributed by atoms with Gasteiger partial charge >= 0.3 is 0 Å². The summed E-state index contributed by atoms with van der Waals surface area (Å²) in [5, 5.41) is 3.82. The first-order valence-corrected chi connectivity index (χ1v) is 11.1. The lowest BCUT2D eigenvalue weighted by atomic mass is 9.82. The number of aromatic nitrogens is 1. The van der Waals surface area contributed by atoms with Gasteiger partial charge in [-0.05, 0) is 62.9 Å². The number of nitrogens with zero attached hydrogens (tertiary/aromatic N) is 2. The molecule has 1 saturated heterocycles. The Kier molecular flexibility index (Phi) is 4.01. The predicted octanol–water partition coefficient (Wildman–Crippen LogP) is 4.82. The molecular formula is C25H27N3O3. The molecular weight excluding hydrogens is 390 g/mol. The van der Waals surface area contributed by atoms with E-state index >= 15 is 0 Å². The van der Waals surface area contributed by atoms with Crippen molar-refractivity contribution in [2.24, 2.45) is 0 Å². The highest BCUT2D eigenvalue weighted by atomic mass is 16.5. The highest BCUT2D eigenvalue weighted by molar-refractivity contribution is 5.95. The topological polar surface area (TPSA) is 59.6 Å². The van der Waals surface area contributed by atoms with Gasteiger partial charge in [-0.25, -0.2) is 0 Å². The number of hydrogen-bond donors (Lipinski definition) is 1. The normalized spacial score (nSPS) is 19.0. The zero-order valence-electron chi connectivity index (χ0n) is 18.0. The van der Waals surface area contributed by atoms with Crippen LogP contribution in [0.4, 0.5) is 5.69 Å². The van der Waals surface area contributed by atoms with Crippen molar-refractivity contribution >= 4 is 11.6 Å². The molecule has 0 radical (unpaired) electrons. The van der Waals surface area contributed by atoms with Crippen molar-refractivity contribution < 1.29 is 13.9 Å². The van der Waals surface area contributed by atoms with Gasteiger partial charge in [0, 0.05) is 37.0 Å². The average molecular weight is 418 g/mol. The van der Waals surface area contributed by atoms with Crippen LogP contribution < -0.4 is 10.1 Å². The zero-order valence-corrected chi connectivity index (χ0v) is 18.0. The Labute approximate surface area is 181 Å². The van der Waals surface area contributed by atoms with Gasteiger partial charge in [0.1, 0.15) is 17.3 Å². The Bertz CT molecular complexity index is 1160. The molecule has 3 aromatic rings. The number of aryl methyl sites for hydroxylation is 1. The van der Waals surface area contributed by atoms with Gasteiger partial charge in [0.05, 0.1) is 29.6 Å². The van der Waals surface area contributed by atoms with E-state index in [0.717, 1.165) is 59.9 Å². The lowest BCUT2D eigenvalue weighted by Crippen LogP contribution is -2.51. The second-order valence-electron chi connectivity index (χ2n) is 9.06. The molecule has 6 heteroatoms. The predicted molar refractivity (Wildman–Crippen MR) is 118 cm³/mol. The smallest absolute Gasteiger partial charge is 0.257 e. The maximum Gasteiger partial charge on any atom is 0.257 e. The number of anilines is 1. The minimum Gasteiger partial charge on any atom is -0.497 e. The lowest BCUT2D eigenvalue weighted by Gasteiger charge is -2.46. The van der Waals surface area contributed by atoms with E-state index < -0.39 is 0 Å². The van der Waals surface area contributed by atoms with Crippen molar-refractivity contribution in [3.05, 3.63) is 65.4 Å². The van der Waals surface area contributed by atoms with E-state index in [0.29, 0.717) is 19.0 Å². The number of hydrogen-bond acceptors (Lipinski definition) is 4. The molecule has 6 rings (SSSR count). The van der Waals surface area contributed by atoms with Gasteiger partial charge in [-0.3, -0.25) is 4.79 Å². The van der Waals surface area contributed by atoms with Gasteiger partial charge in [0.15, 0.2) is 0 Å². The van der Waals surface area contributed by atoms with Crippen LogP contribution in [0.5, 0.6) is 5.75 Å². The Morgan fingerprint density at radius 1 is 1.19 bits per heavy atom. The van der Waals surface area contributed by atoms with E-state index in [2.05, 4.69) is 40.3 Å². The van der Waals surface area contributed by atoms with E-state index in [1.54, 1.807) is 7.11 Å². The van der Waals surface area contributed by atoms with Gasteiger partial charge in [-0.15, -0.1) is 0 Å². The van der Waals surface area contributed by atoms with Crippen LogP contribution in [0.15, 0.2) is 47.0 Å². The third-order valence-corrected chi connectivity index (χ3v) is 7.04. The molecule has 0 unspecified atom stereocenters. The number of fused-ring (bicyclic) bond motifs is 4. The quantitative estimate of drug-likeness (QED) is 0.664. The largest absolute Gasteiger partial charge is 0.497 e. The van der Waals surface area contributed by atoms with E-state index in [1.807, 2.05) is 24.0 Å². The fourth-order valence-electron chi connectivity index (χ4n) is 5.25. The molecule has 1 amide bonds. The number of rotatable bonds is 3. The first-order valence-electron chi connectivity index (χ1n) is 11.1. The summed E-state index contributed by atoms with van der Waals surface area (Å²) < 4.78 is 13.6. The highest BCUT2D eigenvalue weighted by Gasteiger charge is 2.43. The van der Waals surface area contributed by atoms with Crippen molar-refractivity contribution in [1.29, 1.82) is 0 Å². The number of benzene rings is 1. The molecule has 1 saturated carbocycles. The Morgan fingerprint density at radius 2 is 2.00 bits per heavy atom. The second kappa shape index (κ2) is 6.67. The maximum absolute atomic E-state index is 13.3. The van der Waals surface area contributed by atoms with Gasteiger partial charge in [0.2, 0.25) is 0 Å². The van der Waals surface area contributed by atoms with Crippen molar-refractivity contribution in [3.8, 4) is 11.4 Å². The van der Waals surface area contributed by atoms with Crippen LogP contribution in [0.2, 0.25) is 0 Å². The number of carbonyl (C=O) groups excluding carboxylic acids is 1. The molecule has 2 aliphatic heterocycles. The van der Waals surface area contributed by atoms with E-state index in [1.165, 1.54) is 5.69 Å². The maximum atomic E-state index is 13.3. The molecule has 2 fully saturated rings. The van der Waals surface area contributed by atoms with Gasteiger partial charge in [-0.1, -0.05) is 0 Å². The summed E-state index contributed by atoms with van der Waals surface area (Å²) in [7, 11) is 1.69. The van der Waals surface area contributed by atoms with E-state index in [-0.39, 0.29) is 11.4 Å². The van der Waals surface area contributed by atoms with Crippen LogP contribution in [0.25, 0.3) is 5.69 Å². The molecule has 1 aliphatic carbocycles. The van der Waals surface area contributed by atoms with Crippen molar-refractivity contribution in [1.82, 2.24) is 9.47 Å². The minimum absolute atomic E-state index is 0.113. The van der Waals surface area contributed by atoms with Crippen LogP contribution in [0.1, 0.15) is 59.2 Å². The van der Waals surface area contributed by atoms with Crippen molar-refractivity contribution in [2.75, 3.05) is 25.5 Å². The van der Waals surface area contributed by atoms with Crippen LogP contribution in [0.3, 0.4) is 0 Å². The molecule has 2 aromatic heterocycles. The molecule has 160 valence electrons. The fraction of sp³-hybridized carbons (Fsp3) is 0.400. The van der Waals surface area contributed by atoms with Gasteiger partial charge in [0.25, 0.3) is 5.91 Å².